The molecule has 0 bridgehead atoms. The molecule has 0 saturated carbocycles. The Morgan fingerprint density at radius 1 is 1.08 bits per heavy atom. The molecule has 1 rings (SSSR count). The maximum Gasteiger partial charge on any atom is 0.326 e. The van der Waals surface area contributed by atoms with Crippen molar-refractivity contribution in [3.05, 3.63) is 29.8 Å². The molecule has 9 nitrogen and oxygen atoms in total. The van der Waals surface area contributed by atoms with E-state index in [4.69, 9.17) is 9.47 Å². The standard InChI is InChI=1S/C16H21N3O6/c1-4-17-16(23)19-14(21)10(2)25-13(20)9-18-15(22)11-5-7-12(24-3)8-6-11/h5-8,10H,4,9H2,1-3H3,(H,18,22)(H2,17,19,21,23). The fraction of sp³-hybridized carbons (Fsp3) is 0.375. The van der Waals surface area contributed by atoms with E-state index in [9.17, 15) is 19.2 Å². The maximum atomic E-state index is 11.9. The van der Waals surface area contributed by atoms with Crippen LogP contribution in [0.5, 0.6) is 5.75 Å². The number of ether oxygens (including phenoxy) is 2. The van der Waals surface area contributed by atoms with Crippen LogP contribution in [0, 0.1) is 0 Å². The second kappa shape index (κ2) is 9.91. The largest absolute Gasteiger partial charge is 0.497 e. The van der Waals surface area contributed by atoms with Crippen LogP contribution in [0.15, 0.2) is 24.3 Å². The predicted molar refractivity (Wildman–Crippen MR) is 88.1 cm³/mol. The van der Waals surface area contributed by atoms with Gasteiger partial charge in [0.25, 0.3) is 11.8 Å². The fourth-order valence-electron chi connectivity index (χ4n) is 1.71. The van der Waals surface area contributed by atoms with Crippen molar-refractivity contribution in [1.82, 2.24) is 16.0 Å². The number of hydrogen-bond donors (Lipinski definition) is 3. The monoisotopic (exact) mass is 351 g/mol. The molecule has 1 aromatic carbocycles. The van der Waals surface area contributed by atoms with Crippen LogP contribution in [0.2, 0.25) is 0 Å². The average Bonchev–Trinajstić information content (AvgIpc) is 2.59. The Hall–Kier alpha value is -3.10. The van der Waals surface area contributed by atoms with E-state index in [0.717, 1.165) is 0 Å². The van der Waals surface area contributed by atoms with Crippen LogP contribution in [0.25, 0.3) is 0 Å². The van der Waals surface area contributed by atoms with E-state index in [0.29, 0.717) is 17.9 Å². The van der Waals surface area contributed by atoms with Crippen molar-refractivity contribution >= 4 is 23.8 Å². The van der Waals surface area contributed by atoms with Gasteiger partial charge in [0, 0.05) is 12.1 Å². The molecule has 1 aromatic rings. The summed E-state index contributed by atoms with van der Waals surface area (Å²) >= 11 is 0. The summed E-state index contributed by atoms with van der Waals surface area (Å²) in [5.74, 6) is -1.44. The second-order valence-electron chi connectivity index (χ2n) is 4.89. The van der Waals surface area contributed by atoms with Gasteiger partial charge >= 0.3 is 12.0 Å². The van der Waals surface area contributed by atoms with E-state index in [1.807, 2.05) is 5.32 Å². The molecular formula is C16H21N3O6. The molecule has 0 aliphatic carbocycles. The highest BCUT2D eigenvalue weighted by molar-refractivity contribution is 5.98. The highest BCUT2D eigenvalue weighted by Crippen LogP contribution is 2.10. The van der Waals surface area contributed by atoms with E-state index in [1.54, 1.807) is 31.2 Å². The number of nitrogens with one attached hydrogen (secondary N) is 3. The Labute approximate surface area is 145 Å². The van der Waals surface area contributed by atoms with Gasteiger partial charge in [0.2, 0.25) is 0 Å². The van der Waals surface area contributed by atoms with Crippen LogP contribution >= 0.6 is 0 Å². The summed E-state index contributed by atoms with van der Waals surface area (Å²) in [5.41, 5.74) is 0.343. The zero-order valence-corrected chi connectivity index (χ0v) is 14.3. The lowest BCUT2D eigenvalue weighted by molar-refractivity contribution is -0.153. The summed E-state index contributed by atoms with van der Waals surface area (Å²) in [6, 6.07) is 5.63. The number of methoxy groups -OCH3 is 1. The molecule has 0 radical (unpaired) electrons. The maximum absolute atomic E-state index is 11.9. The van der Waals surface area contributed by atoms with E-state index in [2.05, 4.69) is 10.6 Å². The highest BCUT2D eigenvalue weighted by atomic mass is 16.5. The first-order chi connectivity index (χ1) is 11.9. The molecule has 25 heavy (non-hydrogen) atoms. The first-order valence-corrected chi connectivity index (χ1v) is 7.57. The lowest BCUT2D eigenvalue weighted by Gasteiger charge is -2.13. The van der Waals surface area contributed by atoms with Gasteiger partial charge in [-0.2, -0.15) is 0 Å². The number of hydrogen-bond acceptors (Lipinski definition) is 6. The van der Waals surface area contributed by atoms with Crippen LogP contribution in [0.3, 0.4) is 0 Å². The number of benzene rings is 1. The predicted octanol–water partition coefficient (Wildman–Crippen LogP) is 0.202. The minimum atomic E-state index is -1.17. The van der Waals surface area contributed by atoms with E-state index < -0.39 is 36.5 Å². The summed E-state index contributed by atoms with van der Waals surface area (Å²) < 4.78 is 9.83. The molecule has 3 N–H and O–H groups in total. The molecule has 0 aromatic heterocycles. The van der Waals surface area contributed by atoms with Crippen LogP contribution in [-0.2, 0) is 14.3 Å². The summed E-state index contributed by atoms with van der Waals surface area (Å²) in [5, 5.41) is 6.77. The van der Waals surface area contributed by atoms with Crippen molar-refractivity contribution in [2.45, 2.75) is 20.0 Å². The minimum absolute atomic E-state index is 0.343. The van der Waals surface area contributed by atoms with Crippen LogP contribution < -0.4 is 20.7 Å². The molecular weight excluding hydrogens is 330 g/mol. The SMILES string of the molecule is CCNC(=O)NC(=O)C(C)OC(=O)CNC(=O)c1ccc(OC)cc1. The Kier molecular flexibility index (Phi) is 7.91. The first-order valence-electron chi connectivity index (χ1n) is 7.57. The Balaban J connectivity index is 2.41. The van der Waals surface area contributed by atoms with Crippen molar-refractivity contribution in [3.8, 4) is 5.75 Å². The van der Waals surface area contributed by atoms with Gasteiger partial charge in [0.1, 0.15) is 12.3 Å². The van der Waals surface area contributed by atoms with Crippen molar-refractivity contribution in [2.24, 2.45) is 0 Å². The molecule has 9 heteroatoms. The quantitative estimate of drug-likeness (QED) is 0.603. The normalized spacial score (nSPS) is 11.0. The van der Waals surface area contributed by atoms with Crippen molar-refractivity contribution < 1.29 is 28.7 Å². The van der Waals surface area contributed by atoms with Gasteiger partial charge in [0.05, 0.1) is 7.11 Å². The molecule has 4 amide bonds. The minimum Gasteiger partial charge on any atom is -0.497 e. The van der Waals surface area contributed by atoms with Crippen LogP contribution in [0.1, 0.15) is 24.2 Å². The lowest BCUT2D eigenvalue weighted by atomic mass is 10.2. The van der Waals surface area contributed by atoms with Gasteiger partial charge in [-0.25, -0.2) is 4.79 Å². The fourth-order valence-corrected chi connectivity index (χ4v) is 1.71. The van der Waals surface area contributed by atoms with Gasteiger partial charge in [-0.15, -0.1) is 0 Å². The smallest absolute Gasteiger partial charge is 0.326 e. The molecule has 0 aliphatic rings. The van der Waals surface area contributed by atoms with Gasteiger partial charge in [-0.3, -0.25) is 19.7 Å². The number of esters is 1. The van der Waals surface area contributed by atoms with Gasteiger partial charge in [0.15, 0.2) is 6.10 Å². The number of carbonyl (C=O) groups is 4. The molecule has 0 saturated heterocycles. The zero-order valence-electron chi connectivity index (χ0n) is 14.3. The number of imide groups is 1. The van der Waals surface area contributed by atoms with Gasteiger partial charge in [-0.1, -0.05) is 0 Å². The number of amides is 4. The number of carbonyl (C=O) groups excluding carboxylic acids is 4. The molecule has 1 unspecified atom stereocenters. The van der Waals surface area contributed by atoms with E-state index in [-0.39, 0.29) is 0 Å². The van der Waals surface area contributed by atoms with E-state index in [1.165, 1.54) is 14.0 Å². The third kappa shape index (κ3) is 6.90. The third-order valence-electron chi connectivity index (χ3n) is 3.00. The Morgan fingerprint density at radius 2 is 1.72 bits per heavy atom. The molecule has 0 fully saturated rings. The summed E-state index contributed by atoms with van der Waals surface area (Å²) in [4.78, 5) is 46.4. The Bertz CT molecular complexity index is 629. The molecule has 0 spiro atoms. The molecule has 0 aliphatic heterocycles. The van der Waals surface area contributed by atoms with Gasteiger partial charge < -0.3 is 20.1 Å². The first kappa shape index (κ1) is 19.9. The topological polar surface area (TPSA) is 123 Å². The van der Waals surface area contributed by atoms with Crippen molar-refractivity contribution in [2.75, 3.05) is 20.2 Å². The number of rotatable bonds is 7. The van der Waals surface area contributed by atoms with Crippen LogP contribution in [0.4, 0.5) is 4.79 Å². The second-order valence-corrected chi connectivity index (χ2v) is 4.89. The lowest BCUT2D eigenvalue weighted by Crippen LogP contribution is -2.45. The van der Waals surface area contributed by atoms with Crippen molar-refractivity contribution in [3.63, 3.8) is 0 Å². The molecule has 0 heterocycles. The molecule has 1 atom stereocenters. The highest BCUT2D eigenvalue weighted by Gasteiger charge is 2.20. The van der Waals surface area contributed by atoms with E-state index >= 15 is 0 Å². The zero-order chi connectivity index (χ0) is 18.8. The Morgan fingerprint density at radius 3 is 2.28 bits per heavy atom. The summed E-state index contributed by atoms with van der Waals surface area (Å²) in [6.45, 7) is 2.95. The molecule has 136 valence electrons. The van der Waals surface area contributed by atoms with Crippen molar-refractivity contribution in [1.29, 1.82) is 0 Å². The third-order valence-corrected chi connectivity index (χ3v) is 3.00. The summed E-state index contributed by atoms with van der Waals surface area (Å²) in [6.07, 6.45) is -1.17. The number of urea groups is 1. The average molecular weight is 351 g/mol. The van der Waals surface area contributed by atoms with Crippen LogP contribution in [-0.4, -0.2) is 50.1 Å². The van der Waals surface area contributed by atoms with Gasteiger partial charge in [-0.05, 0) is 38.1 Å². The summed E-state index contributed by atoms with van der Waals surface area (Å²) in [7, 11) is 1.51.